The predicted molar refractivity (Wildman–Crippen MR) is 75.7 cm³/mol. The van der Waals surface area contributed by atoms with Crippen LogP contribution in [0, 0.1) is 0 Å². The van der Waals surface area contributed by atoms with Crippen molar-refractivity contribution >= 4 is 29.5 Å². The molecule has 0 spiro atoms. The van der Waals surface area contributed by atoms with Crippen LogP contribution in [0.3, 0.4) is 0 Å². The molecule has 3 amide bonds. The molecule has 1 saturated heterocycles. The predicted octanol–water partition coefficient (Wildman–Crippen LogP) is 1.67. The Hall–Kier alpha value is -2.08. The van der Waals surface area contributed by atoms with Crippen molar-refractivity contribution in [3.8, 4) is 0 Å². The second kappa shape index (κ2) is 5.73. The van der Waals surface area contributed by atoms with Crippen LogP contribution in [0.2, 0.25) is 5.02 Å². The molecular weight excluding hydrogens is 296 g/mol. The molecule has 0 saturated carbocycles. The molecule has 21 heavy (non-hydrogen) atoms. The second-order valence-corrected chi connectivity index (χ2v) is 5.14. The lowest BCUT2D eigenvalue weighted by Gasteiger charge is -2.23. The molecule has 0 aliphatic carbocycles. The fourth-order valence-corrected chi connectivity index (χ4v) is 2.55. The minimum Gasteiger partial charge on any atom is -0.465 e. The number of imide groups is 1. The maximum atomic E-state index is 12.5. The summed E-state index contributed by atoms with van der Waals surface area (Å²) >= 11 is 6.10. The van der Waals surface area contributed by atoms with Gasteiger partial charge in [-0.3, -0.25) is 14.5 Å². The summed E-state index contributed by atoms with van der Waals surface area (Å²) in [6.07, 6.45) is 0. The van der Waals surface area contributed by atoms with Crippen molar-refractivity contribution in [2.24, 2.45) is 0 Å². The molecule has 1 N–H and O–H groups in total. The highest BCUT2D eigenvalue weighted by molar-refractivity contribution is 6.32. The van der Waals surface area contributed by atoms with Gasteiger partial charge >= 0.3 is 12.0 Å². The smallest absolute Gasteiger partial charge is 0.326 e. The van der Waals surface area contributed by atoms with Crippen LogP contribution in [-0.4, -0.2) is 36.0 Å². The van der Waals surface area contributed by atoms with Crippen LogP contribution < -0.4 is 5.32 Å². The van der Waals surface area contributed by atoms with Crippen LogP contribution in [0.25, 0.3) is 0 Å². The van der Waals surface area contributed by atoms with Crippen LogP contribution in [0.1, 0.15) is 19.4 Å². The number of amides is 3. The number of hydrogen-bond donors (Lipinski definition) is 1. The lowest BCUT2D eigenvalue weighted by Crippen LogP contribution is -2.42. The summed E-state index contributed by atoms with van der Waals surface area (Å²) in [5, 5.41) is 2.95. The Balaban J connectivity index is 2.29. The lowest BCUT2D eigenvalue weighted by molar-refractivity contribution is -0.147. The second-order valence-electron chi connectivity index (χ2n) is 4.73. The third-order valence-corrected chi connectivity index (χ3v) is 3.61. The van der Waals surface area contributed by atoms with Gasteiger partial charge in [-0.25, -0.2) is 4.79 Å². The van der Waals surface area contributed by atoms with E-state index in [1.807, 2.05) is 0 Å². The third kappa shape index (κ3) is 2.71. The van der Waals surface area contributed by atoms with E-state index in [0.29, 0.717) is 10.6 Å². The molecule has 1 heterocycles. The number of carbonyl (C=O) groups is 3. The number of rotatable bonds is 4. The summed E-state index contributed by atoms with van der Waals surface area (Å²) in [5.41, 5.74) is -0.807. The number of urea groups is 1. The topological polar surface area (TPSA) is 75.7 Å². The van der Waals surface area contributed by atoms with Crippen molar-refractivity contribution in [3.63, 3.8) is 0 Å². The van der Waals surface area contributed by atoms with Gasteiger partial charge in [0.2, 0.25) is 0 Å². The third-order valence-electron chi connectivity index (χ3n) is 3.28. The highest BCUT2D eigenvalue weighted by Gasteiger charge is 2.50. The van der Waals surface area contributed by atoms with Crippen molar-refractivity contribution in [2.45, 2.75) is 19.4 Å². The quantitative estimate of drug-likeness (QED) is 0.678. The fraction of sp³-hybridized carbons (Fsp3) is 0.357. The van der Waals surface area contributed by atoms with Gasteiger partial charge < -0.3 is 10.1 Å². The molecule has 0 unspecified atom stereocenters. The molecule has 0 bridgehead atoms. The van der Waals surface area contributed by atoms with Gasteiger partial charge in [0.15, 0.2) is 0 Å². The van der Waals surface area contributed by atoms with Crippen LogP contribution in [0.4, 0.5) is 4.79 Å². The normalized spacial score (nSPS) is 21.4. The molecule has 1 fully saturated rings. The molecule has 1 aliphatic heterocycles. The summed E-state index contributed by atoms with van der Waals surface area (Å²) in [4.78, 5) is 36.8. The van der Waals surface area contributed by atoms with Crippen LogP contribution >= 0.6 is 11.6 Å². The summed E-state index contributed by atoms with van der Waals surface area (Å²) in [7, 11) is 0. The molecule has 1 aromatic carbocycles. The van der Waals surface area contributed by atoms with E-state index in [4.69, 9.17) is 16.3 Å². The highest BCUT2D eigenvalue weighted by Crippen LogP contribution is 2.33. The molecule has 1 aromatic rings. The van der Waals surface area contributed by atoms with Crippen molar-refractivity contribution in [2.75, 3.05) is 13.2 Å². The summed E-state index contributed by atoms with van der Waals surface area (Å²) < 4.78 is 4.76. The number of halogens is 1. The largest absolute Gasteiger partial charge is 0.465 e. The molecule has 1 atom stereocenters. The minimum atomic E-state index is -1.29. The number of nitrogens with one attached hydrogen (secondary N) is 1. The van der Waals surface area contributed by atoms with Crippen molar-refractivity contribution in [3.05, 3.63) is 34.9 Å². The zero-order valence-electron chi connectivity index (χ0n) is 11.7. The number of ether oxygens (including phenoxy) is 1. The highest BCUT2D eigenvalue weighted by atomic mass is 35.5. The van der Waals surface area contributed by atoms with Gasteiger partial charge in [-0.2, -0.15) is 0 Å². The molecule has 2 rings (SSSR count). The molecular formula is C14H15ClN2O4. The molecule has 1 aliphatic rings. The van der Waals surface area contributed by atoms with Gasteiger partial charge in [-0.1, -0.05) is 29.8 Å². The molecule has 0 aromatic heterocycles. The van der Waals surface area contributed by atoms with E-state index in [2.05, 4.69) is 5.32 Å². The van der Waals surface area contributed by atoms with Gasteiger partial charge in [-0.15, -0.1) is 0 Å². The minimum absolute atomic E-state index is 0.185. The van der Waals surface area contributed by atoms with E-state index < -0.39 is 30.0 Å². The lowest BCUT2D eigenvalue weighted by atomic mass is 9.92. The van der Waals surface area contributed by atoms with Gasteiger partial charge in [0, 0.05) is 10.6 Å². The maximum absolute atomic E-state index is 12.5. The summed E-state index contributed by atoms with van der Waals surface area (Å²) in [6.45, 7) is 2.97. The first-order valence-corrected chi connectivity index (χ1v) is 6.82. The number of benzene rings is 1. The van der Waals surface area contributed by atoms with E-state index in [-0.39, 0.29) is 6.61 Å². The Morgan fingerprint density at radius 2 is 2.05 bits per heavy atom. The first-order valence-electron chi connectivity index (χ1n) is 6.45. The Bertz CT molecular complexity index is 604. The first-order chi connectivity index (χ1) is 9.90. The van der Waals surface area contributed by atoms with Crippen molar-refractivity contribution in [1.82, 2.24) is 10.2 Å². The van der Waals surface area contributed by atoms with Crippen LogP contribution in [0.5, 0.6) is 0 Å². The zero-order valence-corrected chi connectivity index (χ0v) is 12.4. The Morgan fingerprint density at radius 3 is 2.67 bits per heavy atom. The molecule has 0 radical (unpaired) electrons. The van der Waals surface area contributed by atoms with Gasteiger partial charge in [0.1, 0.15) is 12.1 Å². The standard InChI is InChI=1S/C14H15ClN2O4/c1-3-21-11(18)8-17-12(19)14(2,16-13(17)20)9-6-4-5-7-10(9)15/h4-7H,3,8H2,1-2H3,(H,16,20)/t14-/m1/s1. The average Bonchev–Trinajstić information content (AvgIpc) is 2.64. The first kappa shape index (κ1) is 15.3. The summed E-state index contributed by atoms with van der Waals surface area (Å²) in [5.74, 6) is -1.17. The Morgan fingerprint density at radius 1 is 1.38 bits per heavy atom. The van der Waals surface area contributed by atoms with E-state index in [0.717, 1.165) is 4.90 Å². The number of hydrogen-bond acceptors (Lipinski definition) is 4. The van der Waals surface area contributed by atoms with E-state index in [9.17, 15) is 14.4 Å². The van der Waals surface area contributed by atoms with Gasteiger partial charge in [0.05, 0.1) is 6.61 Å². The molecule has 6 nitrogen and oxygen atoms in total. The zero-order chi connectivity index (χ0) is 15.6. The van der Waals surface area contributed by atoms with Gasteiger partial charge in [-0.05, 0) is 19.9 Å². The monoisotopic (exact) mass is 310 g/mol. The summed E-state index contributed by atoms with van der Waals surface area (Å²) in [6, 6.07) is 6.10. The Kier molecular flexibility index (Phi) is 4.18. The fourth-order valence-electron chi connectivity index (χ4n) is 2.23. The van der Waals surface area contributed by atoms with Crippen molar-refractivity contribution in [1.29, 1.82) is 0 Å². The van der Waals surface area contributed by atoms with E-state index >= 15 is 0 Å². The molecule has 7 heteroatoms. The number of nitrogens with zero attached hydrogens (tertiary/aromatic N) is 1. The number of carbonyl (C=O) groups excluding carboxylic acids is 3. The van der Waals surface area contributed by atoms with E-state index in [1.54, 1.807) is 38.1 Å². The average molecular weight is 311 g/mol. The van der Waals surface area contributed by atoms with Crippen LogP contribution in [-0.2, 0) is 19.9 Å². The van der Waals surface area contributed by atoms with Gasteiger partial charge in [0.25, 0.3) is 5.91 Å². The SMILES string of the molecule is CCOC(=O)CN1C(=O)N[C@](C)(c2ccccc2Cl)C1=O. The maximum Gasteiger partial charge on any atom is 0.326 e. The van der Waals surface area contributed by atoms with Crippen molar-refractivity contribution < 1.29 is 19.1 Å². The molecule has 112 valence electrons. The number of esters is 1. The Labute approximate surface area is 127 Å². The van der Waals surface area contributed by atoms with E-state index in [1.165, 1.54) is 0 Å². The van der Waals surface area contributed by atoms with Crippen LogP contribution in [0.15, 0.2) is 24.3 Å².